The van der Waals surface area contributed by atoms with Crippen molar-refractivity contribution in [2.24, 2.45) is 0 Å². The first-order valence-electron chi connectivity index (χ1n) is 7.45. The fourth-order valence-electron chi connectivity index (χ4n) is 2.32. The van der Waals surface area contributed by atoms with Crippen molar-refractivity contribution in [3.05, 3.63) is 42.0 Å². The SMILES string of the molecule is C#CCOc1ccc2cc(C(=O)CCCCC(=O)O)ccc2c1. The number of ketones is 1. The molecule has 0 saturated carbocycles. The molecule has 23 heavy (non-hydrogen) atoms. The molecule has 0 unspecified atom stereocenters. The van der Waals surface area contributed by atoms with Gasteiger partial charge in [0.1, 0.15) is 12.4 Å². The average Bonchev–Trinajstić information content (AvgIpc) is 2.55. The molecule has 0 aliphatic rings. The number of carboxylic acid groups (broad SMARTS) is 1. The van der Waals surface area contributed by atoms with E-state index < -0.39 is 5.97 Å². The molecular formula is C19H18O4. The molecule has 2 aromatic rings. The number of benzene rings is 2. The minimum Gasteiger partial charge on any atom is -0.481 e. The summed E-state index contributed by atoms with van der Waals surface area (Å²) in [5, 5.41) is 10.5. The first kappa shape index (κ1) is 16.6. The minimum absolute atomic E-state index is 0.0324. The van der Waals surface area contributed by atoms with Crippen LogP contribution in [0, 0.1) is 12.3 Å². The van der Waals surface area contributed by atoms with Crippen molar-refractivity contribution in [3.63, 3.8) is 0 Å². The van der Waals surface area contributed by atoms with Crippen molar-refractivity contribution < 1.29 is 19.4 Å². The Morgan fingerprint density at radius 1 is 1.04 bits per heavy atom. The van der Waals surface area contributed by atoms with Crippen LogP contribution in [-0.4, -0.2) is 23.5 Å². The van der Waals surface area contributed by atoms with Gasteiger partial charge < -0.3 is 9.84 Å². The van der Waals surface area contributed by atoms with Crippen LogP contribution >= 0.6 is 0 Å². The quantitative estimate of drug-likeness (QED) is 0.459. The van der Waals surface area contributed by atoms with Gasteiger partial charge in [-0.05, 0) is 41.8 Å². The van der Waals surface area contributed by atoms with E-state index in [2.05, 4.69) is 5.92 Å². The van der Waals surface area contributed by atoms with Gasteiger partial charge in [0.05, 0.1) is 0 Å². The highest BCUT2D eigenvalue weighted by Gasteiger charge is 2.08. The summed E-state index contributed by atoms with van der Waals surface area (Å²) in [5.74, 6) is 2.32. The molecule has 0 heterocycles. The summed E-state index contributed by atoms with van der Waals surface area (Å²) in [5.41, 5.74) is 0.644. The maximum atomic E-state index is 12.1. The molecule has 0 amide bonds. The third-order valence-corrected chi connectivity index (χ3v) is 3.50. The molecule has 0 saturated heterocycles. The lowest BCUT2D eigenvalue weighted by Crippen LogP contribution is -2.00. The Labute approximate surface area is 135 Å². The van der Waals surface area contributed by atoms with E-state index in [1.807, 2.05) is 30.3 Å². The van der Waals surface area contributed by atoms with E-state index in [-0.39, 0.29) is 18.8 Å². The second-order valence-corrected chi connectivity index (χ2v) is 5.24. The fourth-order valence-corrected chi connectivity index (χ4v) is 2.32. The number of unbranched alkanes of at least 4 members (excludes halogenated alkanes) is 1. The van der Waals surface area contributed by atoms with Gasteiger partial charge in [-0.3, -0.25) is 9.59 Å². The van der Waals surface area contributed by atoms with E-state index >= 15 is 0 Å². The van der Waals surface area contributed by atoms with E-state index in [1.54, 1.807) is 6.07 Å². The number of carboxylic acids is 1. The highest BCUT2D eigenvalue weighted by atomic mass is 16.5. The average molecular weight is 310 g/mol. The molecule has 0 aromatic heterocycles. The van der Waals surface area contributed by atoms with E-state index in [0.717, 1.165) is 10.8 Å². The lowest BCUT2D eigenvalue weighted by atomic mass is 10.0. The second kappa shape index (κ2) is 8.00. The smallest absolute Gasteiger partial charge is 0.303 e. The first-order chi connectivity index (χ1) is 11.1. The van der Waals surface area contributed by atoms with Gasteiger partial charge in [-0.2, -0.15) is 0 Å². The van der Waals surface area contributed by atoms with Crippen LogP contribution in [0.2, 0.25) is 0 Å². The first-order valence-corrected chi connectivity index (χ1v) is 7.45. The Hall–Kier alpha value is -2.80. The predicted octanol–water partition coefficient (Wildman–Crippen LogP) is 3.68. The van der Waals surface area contributed by atoms with Gasteiger partial charge in [0.15, 0.2) is 5.78 Å². The fraction of sp³-hybridized carbons (Fsp3) is 0.263. The van der Waals surface area contributed by atoms with Gasteiger partial charge >= 0.3 is 5.97 Å². The predicted molar refractivity (Wildman–Crippen MR) is 88.7 cm³/mol. The van der Waals surface area contributed by atoms with Gasteiger partial charge in [0.25, 0.3) is 0 Å². The molecule has 0 atom stereocenters. The molecule has 0 aliphatic carbocycles. The van der Waals surface area contributed by atoms with E-state index in [9.17, 15) is 9.59 Å². The third kappa shape index (κ3) is 4.86. The zero-order chi connectivity index (χ0) is 16.7. The summed E-state index contributed by atoms with van der Waals surface area (Å²) < 4.78 is 5.37. The van der Waals surface area contributed by atoms with Crippen LogP contribution in [0.3, 0.4) is 0 Å². The third-order valence-electron chi connectivity index (χ3n) is 3.50. The number of rotatable bonds is 8. The Morgan fingerprint density at radius 2 is 1.74 bits per heavy atom. The Bertz CT molecular complexity index is 756. The van der Waals surface area contributed by atoms with Crippen LogP contribution < -0.4 is 4.74 Å². The lowest BCUT2D eigenvalue weighted by Gasteiger charge is -2.06. The highest BCUT2D eigenvalue weighted by molar-refractivity contribution is 6.00. The largest absolute Gasteiger partial charge is 0.481 e. The highest BCUT2D eigenvalue weighted by Crippen LogP contribution is 2.23. The van der Waals surface area contributed by atoms with Crippen LogP contribution in [0.15, 0.2) is 36.4 Å². The van der Waals surface area contributed by atoms with Gasteiger partial charge in [-0.25, -0.2) is 0 Å². The van der Waals surface area contributed by atoms with Gasteiger partial charge in [-0.15, -0.1) is 6.42 Å². The number of carbonyl (C=O) groups is 2. The Morgan fingerprint density at radius 3 is 2.48 bits per heavy atom. The molecule has 0 aliphatic heterocycles. The lowest BCUT2D eigenvalue weighted by molar-refractivity contribution is -0.137. The van der Waals surface area contributed by atoms with Crippen molar-refractivity contribution in [1.82, 2.24) is 0 Å². The van der Waals surface area contributed by atoms with Gasteiger partial charge in [0.2, 0.25) is 0 Å². The second-order valence-electron chi connectivity index (χ2n) is 5.24. The van der Waals surface area contributed by atoms with Gasteiger partial charge in [-0.1, -0.05) is 24.1 Å². The molecule has 4 nitrogen and oxygen atoms in total. The number of terminal acetylenes is 1. The molecule has 0 spiro atoms. The topological polar surface area (TPSA) is 63.6 Å². The number of ether oxygens (including phenoxy) is 1. The Kier molecular flexibility index (Phi) is 5.76. The van der Waals surface area contributed by atoms with E-state index in [1.165, 1.54) is 0 Å². The van der Waals surface area contributed by atoms with Crippen LogP contribution in [0.25, 0.3) is 10.8 Å². The Balaban J connectivity index is 2.03. The molecule has 2 aromatic carbocycles. The van der Waals surface area contributed by atoms with Gasteiger partial charge in [0, 0.05) is 18.4 Å². The maximum Gasteiger partial charge on any atom is 0.303 e. The molecule has 0 bridgehead atoms. The summed E-state index contributed by atoms with van der Waals surface area (Å²) in [7, 11) is 0. The molecule has 2 rings (SSSR count). The zero-order valence-corrected chi connectivity index (χ0v) is 12.7. The van der Waals surface area contributed by atoms with Crippen molar-refractivity contribution in [1.29, 1.82) is 0 Å². The standard InChI is InChI=1S/C19H18O4/c1-2-11-23-17-10-9-14-12-16(8-7-15(14)13-17)18(20)5-3-4-6-19(21)22/h1,7-10,12-13H,3-6,11H2,(H,21,22). The van der Waals surface area contributed by atoms with Crippen LogP contribution in [0.5, 0.6) is 5.75 Å². The van der Waals surface area contributed by atoms with Crippen molar-refractivity contribution in [2.75, 3.05) is 6.61 Å². The van der Waals surface area contributed by atoms with E-state index in [0.29, 0.717) is 30.6 Å². The molecule has 1 N–H and O–H groups in total. The molecule has 118 valence electrons. The number of aliphatic carboxylic acids is 1. The summed E-state index contributed by atoms with van der Waals surface area (Å²) in [6.07, 6.45) is 6.73. The van der Waals surface area contributed by atoms with Crippen molar-refractivity contribution in [2.45, 2.75) is 25.7 Å². The summed E-state index contributed by atoms with van der Waals surface area (Å²) in [6.45, 7) is 0.221. The minimum atomic E-state index is -0.828. The van der Waals surface area contributed by atoms with Crippen molar-refractivity contribution >= 4 is 22.5 Å². The zero-order valence-electron chi connectivity index (χ0n) is 12.7. The number of carbonyl (C=O) groups excluding carboxylic acids is 1. The summed E-state index contributed by atoms with van der Waals surface area (Å²) in [4.78, 5) is 22.6. The summed E-state index contributed by atoms with van der Waals surface area (Å²) >= 11 is 0. The van der Waals surface area contributed by atoms with Crippen LogP contribution in [0.4, 0.5) is 0 Å². The number of hydrogen-bond donors (Lipinski definition) is 1. The number of hydrogen-bond acceptors (Lipinski definition) is 3. The van der Waals surface area contributed by atoms with Crippen LogP contribution in [-0.2, 0) is 4.79 Å². The van der Waals surface area contributed by atoms with E-state index in [4.69, 9.17) is 16.3 Å². The molecule has 0 fully saturated rings. The van der Waals surface area contributed by atoms with Crippen molar-refractivity contribution in [3.8, 4) is 18.1 Å². The molecular weight excluding hydrogens is 292 g/mol. The normalized spacial score (nSPS) is 10.2. The number of Topliss-reactive ketones (excluding diaryl/α,β-unsaturated/α-hetero) is 1. The van der Waals surface area contributed by atoms with Crippen LogP contribution in [0.1, 0.15) is 36.0 Å². The maximum absolute atomic E-state index is 12.1. The molecule has 4 heteroatoms. The monoisotopic (exact) mass is 310 g/mol. The molecule has 0 radical (unpaired) electrons. The number of fused-ring (bicyclic) bond motifs is 1. The summed E-state index contributed by atoms with van der Waals surface area (Å²) in [6, 6.07) is 11.1.